The van der Waals surface area contributed by atoms with Crippen molar-refractivity contribution in [2.75, 3.05) is 19.6 Å². The van der Waals surface area contributed by atoms with E-state index < -0.39 is 24.4 Å². The number of likely N-dealkylation sites (tertiary alicyclic amines) is 2. The molecule has 1 N–H and O–H groups in total. The van der Waals surface area contributed by atoms with Crippen LogP contribution in [0.2, 0.25) is 0 Å². The summed E-state index contributed by atoms with van der Waals surface area (Å²) in [6, 6.07) is 11.3. The van der Waals surface area contributed by atoms with E-state index in [1.165, 1.54) is 36.4 Å². The molecule has 2 saturated heterocycles. The molecule has 0 aromatic heterocycles. The summed E-state index contributed by atoms with van der Waals surface area (Å²) < 4.78 is 42.9. The largest absolute Gasteiger partial charge is 0.508 e. The minimum absolute atomic E-state index is 0.0484. The molecule has 0 radical (unpaired) electrons. The number of carbonyl (C=O) groups excluding carboxylic acids is 1. The third-order valence-corrected chi connectivity index (χ3v) is 5.92. The van der Waals surface area contributed by atoms with Crippen LogP contribution in [0.15, 0.2) is 48.5 Å². The fourth-order valence-corrected chi connectivity index (χ4v) is 4.38. The molecular formula is C22H23F3N2O2. The molecule has 2 fully saturated rings. The average Bonchev–Trinajstić information content (AvgIpc) is 3.04. The molecule has 0 aliphatic carbocycles. The SMILES string of the molecule is O=C1[C@@H](N2CCC(c3ccc(O)cc3)C(F)(F)C2)CCN1Cc1ccc(F)cc1. The number of phenols is 1. The van der Waals surface area contributed by atoms with Gasteiger partial charge >= 0.3 is 0 Å². The zero-order valence-electron chi connectivity index (χ0n) is 15.9. The highest BCUT2D eigenvalue weighted by Crippen LogP contribution is 2.42. The van der Waals surface area contributed by atoms with Crippen molar-refractivity contribution in [3.05, 3.63) is 65.5 Å². The summed E-state index contributed by atoms with van der Waals surface area (Å²) in [5, 5.41) is 9.39. The number of carbonyl (C=O) groups is 1. The van der Waals surface area contributed by atoms with Gasteiger partial charge in [-0.3, -0.25) is 9.69 Å². The lowest BCUT2D eigenvalue weighted by atomic mass is 9.85. The molecule has 154 valence electrons. The minimum atomic E-state index is -2.96. The number of benzene rings is 2. The summed E-state index contributed by atoms with van der Waals surface area (Å²) in [6.45, 7) is 0.821. The molecular weight excluding hydrogens is 381 g/mol. The molecule has 0 spiro atoms. The van der Waals surface area contributed by atoms with E-state index in [4.69, 9.17) is 0 Å². The highest BCUT2D eigenvalue weighted by molar-refractivity contribution is 5.84. The van der Waals surface area contributed by atoms with Gasteiger partial charge in [-0.2, -0.15) is 0 Å². The number of nitrogens with zero attached hydrogens (tertiary/aromatic N) is 2. The summed E-state index contributed by atoms with van der Waals surface area (Å²) in [7, 11) is 0. The van der Waals surface area contributed by atoms with Crippen molar-refractivity contribution >= 4 is 5.91 Å². The van der Waals surface area contributed by atoms with Gasteiger partial charge in [-0.15, -0.1) is 0 Å². The molecule has 2 aromatic carbocycles. The summed E-state index contributed by atoms with van der Waals surface area (Å²) >= 11 is 0. The first kappa shape index (κ1) is 19.8. The molecule has 29 heavy (non-hydrogen) atoms. The number of amides is 1. The summed E-state index contributed by atoms with van der Waals surface area (Å²) in [5.41, 5.74) is 1.32. The first-order valence-electron chi connectivity index (χ1n) is 9.77. The second-order valence-corrected chi connectivity index (χ2v) is 7.86. The molecule has 2 heterocycles. The van der Waals surface area contributed by atoms with E-state index in [0.29, 0.717) is 31.6 Å². The van der Waals surface area contributed by atoms with Crippen LogP contribution in [-0.4, -0.2) is 52.4 Å². The number of halogens is 3. The predicted octanol–water partition coefficient (Wildman–Crippen LogP) is 3.76. The van der Waals surface area contributed by atoms with Crippen LogP contribution in [0.3, 0.4) is 0 Å². The van der Waals surface area contributed by atoms with Crippen LogP contribution in [0.1, 0.15) is 29.9 Å². The van der Waals surface area contributed by atoms with Crippen molar-refractivity contribution in [2.24, 2.45) is 0 Å². The molecule has 0 bridgehead atoms. The second-order valence-electron chi connectivity index (χ2n) is 7.86. The number of aromatic hydroxyl groups is 1. The lowest BCUT2D eigenvalue weighted by molar-refractivity contribution is -0.137. The molecule has 4 rings (SSSR count). The Labute approximate surface area is 167 Å². The molecule has 1 unspecified atom stereocenters. The van der Waals surface area contributed by atoms with Gasteiger partial charge in [0.25, 0.3) is 5.92 Å². The Hall–Kier alpha value is -2.54. The van der Waals surface area contributed by atoms with Crippen LogP contribution >= 0.6 is 0 Å². The Morgan fingerprint density at radius 3 is 2.34 bits per heavy atom. The lowest BCUT2D eigenvalue weighted by Gasteiger charge is -2.40. The topological polar surface area (TPSA) is 43.8 Å². The second kappa shape index (κ2) is 7.71. The number of phenolic OH excluding ortho intramolecular Hbond substituents is 1. The van der Waals surface area contributed by atoms with Crippen molar-refractivity contribution in [1.82, 2.24) is 9.80 Å². The van der Waals surface area contributed by atoms with Crippen LogP contribution in [-0.2, 0) is 11.3 Å². The van der Waals surface area contributed by atoms with Crippen molar-refractivity contribution in [3.8, 4) is 5.75 Å². The Kier molecular flexibility index (Phi) is 5.25. The zero-order valence-corrected chi connectivity index (χ0v) is 15.9. The van der Waals surface area contributed by atoms with Crippen molar-refractivity contribution in [3.63, 3.8) is 0 Å². The van der Waals surface area contributed by atoms with Crippen LogP contribution < -0.4 is 0 Å². The van der Waals surface area contributed by atoms with Crippen LogP contribution in [0, 0.1) is 5.82 Å². The molecule has 1 amide bonds. The third-order valence-electron chi connectivity index (χ3n) is 5.92. The minimum Gasteiger partial charge on any atom is -0.508 e. The summed E-state index contributed by atoms with van der Waals surface area (Å²) in [5.74, 6) is -4.32. The normalized spacial score (nSPS) is 24.8. The lowest BCUT2D eigenvalue weighted by Crippen LogP contribution is -2.53. The van der Waals surface area contributed by atoms with E-state index in [-0.39, 0.29) is 23.9 Å². The molecule has 7 heteroatoms. The fraction of sp³-hybridized carbons (Fsp3) is 0.409. The van der Waals surface area contributed by atoms with Gasteiger partial charge in [0.1, 0.15) is 11.6 Å². The highest BCUT2D eigenvalue weighted by Gasteiger charge is 2.49. The van der Waals surface area contributed by atoms with Gasteiger partial charge in [-0.25, -0.2) is 13.2 Å². The fourth-order valence-electron chi connectivity index (χ4n) is 4.38. The van der Waals surface area contributed by atoms with Crippen LogP contribution in [0.5, 0.6) is 5.75 Å². The van der Waals surface area contributed by atoms with Gasteiger partial charge in [0.15, 0.2) is 0 Å². The van der Waals surface area contributed by atoms with Crippen molar-refractivity contribution < 1.29 is 23.1 Å². The number of hydrogen-bond donors (Lipinski definition) is 1. The molecule has 0 saturated carbocycles. The standard InChI is InChI=1S/C22H23F3N2O2/c23-17-5-1-15(2-6-17)13-26-12-10-20(21(26)29)27-11-9-19(22(24,25)14-27)16-3-7-18(28)8-4-16/h1-8,19-20,28H,9-14H2/t19?,20-/m0/s1. The summed E-state index contributed by atoms with van der Waals surface area (Å²) in [4.78, 5) is 16.1. The highest BCUT2D eigenvalue weighted by atomic mass is 19.3. The molecule has 2 atom stereocenters. The monoisotopic (exact) mass is 404 g/mol. The Bertz CT molecular complexity index is 871. The number of hydrogen-bond acceptors (Lipinski definition) is 3. The van der Waals surface area contributed by atoms with Gasteiger partial charge in [-0.1, -0.05) is 24.3 Å². The number of piperidine rings is 1. The third kappa shape index (κ3) is 4.10. The predicted molar refractivity (Wildman–Crippen MR) is 102 cm³/mol. The van der Waals surface area contributed by atoms with E-state index >= 15 is 0 Å². The Balaban J connectivity index is 1.41. The number of rotatable bonds is 4. The van der Waals surface area contributed by atoms with E-state index in [2.05, 4.69) is 0 Å². The van der Waals surface area contributed by atoms with E-state index in [1.807, 2.05) is 0 Å². The maximum atomic E-state index is 14.9. The Morgan fingerprint density at radius 2 is 1.69 bits per heavy atom. The van der Waals surface area contributed by atoms with Gasteiger partial charge in [-0.05, 0) is 54.8 Å². The average molecular weight is 404 g/mol. The van der Waals surface area contributed by atoms with Crippen molar-refractivity contribution in [1.29, 1.82) is 0 Å². The van der Waals surface area contributed by atoms with Crippen LogP contribution in [0.4, 0.5) is 13.2 Å². The number of alkyl halides is 2. The van der Waals surface area contributed by atoms with Gasteiger partial charge in [0.05, 0.1) is 18.5 Å². The smallest absolute Gasteiger partial charge is 0.267 e. The quantitative estimate of drug-likeness (QED) is 0.844. The molecule has 2 aliphatic rings. The first-order chi connectivity index (χ1) is 13.8. The maximum absolute atomic E-state index is 14.9. The molecule has 2 aliphatic heterocycles. The Morgan fingerprint density at radius 1 is 1.00 bits per heavy atom. The van der Waals surface area contributed by atoms with Gasteiger partial charge < -0.3 is 10.0 Å². The maximum Gasteiger partial charge on any atom is 0.267 e. The van der Waals surface area contributed by atoms with E-state index in [0.717, 1.165) is 5.56 Å². The van der Waals surface area contributed by atoms with E-state index in [1.54, 1.807) is 21.9 Å². The van der Waals surface area contributed by atoms with Crippen LogP contribution in [0.25, 0.3) is 0 Å². The molecule has 4 nitrogen and oxygen atoms in total. The van der Waals surface area contributed by atoms with Gasteiger partial charge in [0.2, 0.25) is 5.91 Å². The zero-order chi connectivity index (χ0) is 20.6. The molecule has 2 aromatic rings. The van der Waals surface area contributed by atoms with E-state index in [9.17, 15) is 23.1 Å². The van der Waals surface area contributed by atoms with Crippen molar-refractivity contribution in [2.45, 2.75) is 37.3 Å². The van der Waals surface area contributed by atoms with Gasteiger partial charge in [0, 0.05) is 13.1 Å². The first-order valence-corrected chi connectivity index (χ1v) is 9.77. The summed E-state index contributed by atoms with van der Waals surface area (Å²) in [6.07, 6.45) is 0.763.